The molecule has 1 N–H and O–H groups in total. The smallest absolute Gasteiger partial charge is 0.246 e. The number of piperidine rings is 1. The summed E-state index contributed by atoms with van der Waals surface area (Å²) in [5.74, 6) is -1.55. The number of hydrogen-bond donors (Lipinski definition) is 1. The van der Waals surface area contributed by atoms with Crippen molar-refractivity contribution < 1.29 is 30.8 Å². The Morgan fingerprint density at radius 3 is 2.44 bits per heavy atom. The summed E-state index contributed by atoms with van der Waals surface area (Å²) in [7, 11) is -3.40. The van der Waals surface area contributed by atoms with Crippen molar-refractivity contribution in [1.82, 2.24) is 13.9 Å². The van der Waals surface area contributed by atoms with Crippen LogP contribution in [0.1, 0.15) is 18.4 Å². The first-order valence-corrected chi connectivity index (χ1v) is 13.5. The van der Waals surface area contributed by atoms with Crippen LogP contribution in [0.2, 0.25) is 0 Å². The van der Waals surface area contributed by atoms with Crippen LogP contribution < -0.4 is 10.1 Å². The molecule has 0 bridgehead atoms. The van der Waals surface area contributed by atoms with Crippen LogP contribution in [0.4, 0.5) is 4.39 Å². The molecular formula is C22H28FN3O6S2. The third-order valence-corrected chi connectivity index (χ3v) is 9.38. The lowest BCUT2D eigenvalue weighted by Crippen LogP contribution is -2.45. The van der Waals surface area contributed by atoms with Gasteiger partial charge < -0.3 is 10.1 Å². The molecule has 1 saturated heterocycles. The number of nitrogens with zero attached hydrogens (tertiary/aromatic N) is 2. The van der Waals surface area contributed by atoms with E-state index in [0.29, 0.717) is 18.4 Å². The first kappa shape index (κ1) is 26.1. The first-order valence-electron chi connectivity index (χ1n) is 10.6. The maximum Gasteiger partial charge on any atom is 0.246 e. The van der Waals surface area contributed by atoms with Crippen molar-refractivity contribution in [2.75, 3.05) is 34.3 Å². The molecule has 0 saturated carbocycles. The third kappa shape index (κ3) is 5.57. The summed E-state index contributed by atoms with van der Waals surface area (Å²) in [5.41, 5.74) is 0.704. The molecule has 1 amide bonds. The van der Waals surface area contributed by atoms with Gasteiger partial charge in [-0.05, 0) is 48.7 Å². The zero-order chi connectivity index (χ0) is 25.1. The van der Waals surface area contributed by atoms with Crippen LogP contribution in [-0.2, 0) is 31.4 Å². The molecule has 186 valence electrons. The summed E-state index contributed by atoms with van der Waals surface area (Å²) in [6.45, 7) is 0.351. The minimum atomic E-state index is -4.06. The molecule has 3 rings (SSSR count). The van der Waals surface area contributed by atoms with Gasteiger partial charge in [0.15, 0.2) is 0 Å². The SMILES string of the molecule is COc1ccc(F)cc1S(=O)(=O)N1CCCC(C(=O)NCc2ccc(S(=O)(=O)N(C)C)cc2)C1. The molecule has 1 aliphatic rings. The van der Waals surface area contributed by atoms with Crippen molar-refractivity contribution in [2.45, 2.75) is 29.2 Å². The molecule has 1 aliphatic heterocycles. The lowest BCUT2D eigenvalue weighted by molar-refractivity contribution is -0.126. The van der Waals surface area contributed by atoms with E-state index >= 15 is 0 Å². The van der Waals surface area contributed by atoms with Gasteiger partial charge in [-0.25, -0.2) is 25.5 Å². The second kappa shape index (κ2) is 10.4. The highest BCUT2D eigenvalue weighted by Gasteiger charge is 2.35. The van der Waals surface area contributed by atoms with Gasteiger partial charge in [-0.1, -0.05) is 12.1 Å². The zero-order valence-corrected chi connectivity index (χ0v) is 20.8. The van der Waals surface area contributed by atoms with Gasteiger partial charge in [0.05, 0.1) is 17.9 Å². The van der Waals surface area contributed by atoms with Gasteiger partial charge in [0.1, 0.15) is 16.5 Å². The van der Waals surface area contributed by atoms with Crippen LogP contribution in [0.5, 0.6) is 5.75 Å². The predicted octanol–water partition coefficient (Wildman–Crippen LogP) is 1.80. The van der Waals surface area contributed by atoms with Gasteiger partial charge in [-0.3, -0.25) is 4.79 Å². The number of halogens is 1. The Morgan fingerprint density at radius 2 is 1.82 bits per heavy atom. The normalized spacial score (nSPS) is 17.5. The predicted molar refractivity (Wildman–Crippen MR) is 124 cm³/mol. The number of amides is 1. The van der Waals surface area contributed by atoms with E-state index in [0.717, 1.165) is 16.4 Å². The number of rotatable bonds is 8. The number of carbonyl (C=O) groups excluding carboxylic acids is 1. The van der Waals surface area contributed by atoms with E-state index in [-0.39, 0.29) is 41.1 Å². The van der Waals surface area contributed by atoms with E-state index in [1.165, 1.54) is 43.7 Å². The maximum atomic E-state index is 13.7. The number of benzene rings is 2. The van der Waals surface area contributed by atoms with Crippen molar-refractivity contribution in [3.63, 3.8) is 0 Å². The Bertz CT molecular complexity index is 1250. The van der Waals surface area contributed by atoms with E-state index in [9.17, 15) is 26.0 Å². The standard InChI is InChI=1S/C22H28FN3O6S2/c1-25(2)33(28,29)19-9-6-16(7-10-19)14-24-22(27)17-5-4-12-26(15-17)34(30,31)21-13-18(23)8-11-20(21)32-3/h6-11,13,17H,4-5,12,14-15H2,1-3H3,(H,24,27). The number of nitrogens with one attached hydrogen (secondary N) is 1. The molecule has 9 nitrogen and oxygen atoms in total. The van der Waals surface area contributed by atoms with Crippen molar-refractivity contribution in [1.29, 1.82) is 0 Å². The number of hydrogen-bond acceptors (Lipinski definition) is 6. The number of carbonyl (C=O) groups is 1. The molecule has 34 heavy (non-hydrogen) atoms. The molecule has 2 aromatic carbocycles. The molecule has 1 fully saturated rings. The largest absolute Gasteiger partial charge is 0.495 e. The minimum absolute atomic E-state index is 0.0339. The Labute approximate surface area is 199 Å². The highest BCUT2D eigenvalue weighted by Crippen LogP contribution is 2.30. The van der Waals surface area contributed by atoms with Crippen LogP contribution in [0, 0.1) is 11.7 Å². The van der Waals surface area contributed by atoms with Crippen LogP contribution in [-0.4, -0.2) is 65.6 Å². The van der Waals surface area contributed by atoms with Gasteiger partial charge in [-0.15, -0.1) is 0 Å². The van der Waals surface area contributed by atoms with E-state index in [4.69, 9.17) is 4.74 Å². The molecular weight excluding hydrogens is 485 g/mol. The lowest BCUT2D eigenvalue weighted by Gasteiger charge is -2.31. The second-order valence-corrected chi connectivity index (χ2v) is 12.2. The average molecular weight is 514 g/mol. The van der Waals surface area contributed by atoms with E-state index in [2.05, 4.69) is 5.32 Å². The Balaban J connectivity index is 1.66. The summed E-state index contributed by atoms with van der Waals surface area (Å²) in [5, 5.41) is 2.79. The highest BCUT2D eigenvalue weighted by molar-refractivity contribution is 7.89. The molecule has 0 spiro atoms. The Kier molecular flexibility index (Phi) is 7.96. The molecule has 2 aromatic rings. The summed E-state index contributed by atoms with van der Waals surface area (Å²) >= 11 is 0. The number of ether oxygens (including phenoxy) is 1. The van der Waals surface area contributed by atoms with Crippen molar-refractivity contribution in [3.05, 3.63) is 53.8 Å². The quantitative estimate of drug-likeness (QED) is 0.576. The lowest BCUT2D eigenvalue weighted by atomic mass is 9.99. The first-order chi connectivity index (χ1) is 16.0. The van der Waals surface area contributed by atoms with Gasteiger partial charge in [0.25, 0.3) is 0 Å². The van der Waals surface area contributed by atoms with Gasteiger partial charge in [-0.2, -0.15) is 4.31 Å². The molecule has 12 heteroatoms. The van der Waals surface area contributed by atoms with Gasteiger partial charge >= 0.3 is 0 Å². The van der Waals surface area contributed by atoms with Crippen molar-refractivity contribution >= 4 is 26.0 Å². The molecule has 0 aliphatic carbocycles. The van der Waals surface area contributed by atoms with Crippen LogP contribution >= 0.6 is 0 Å². The topological polar surface area (TPSA) is 113 Å². The molecule has 0 radical (unpaired) electrons. The summed E-state index contributed by atoms with van der Waals surface area (Å²) in [4.78, 5) is 12.6. The fraction of sp³-hybridized carbons (Fsp3) is 0.409. The van der Waals surface area contributed by atoms with Crippen LogP contribution in [0.3, 0.4) is 0 Å². The molecule has 1 unspecified atom stereocenters. The Hall–Kier alpha value is -2.54. The van der Waals surface area contributed by atoms with E-state index < -0.39 is 31.8 Å². The third-order valence-electron chi connectivity index (χ3n) is 5.67. The zero-order valence-electron chi connectivity index (χ0n) is 19.2. The van der Waals surface area contributed by atoms with Gasteiger partial charge in [0, 0.05) is 33.7 Å². The highest BCUT2D eigenvalue weighted by atomic mass is 32.2. The average Bonchev–Trinajstić information content (AvgIpc) is 2.82. The van der Waals surface area contributed by atoms with Crippen LogP contribution in [0.25, 0.3) is 0 Å². The van der Waals surface area contributed by atoms with E-state index in [1.54, 1.807) is 12.1 Å². The maximum absolute atomic E-state index is 13.7. The summed E-state index contributed by atoms with van der Waals surface area (Å²) in [6.07, 6.45) is 0.990. The minimum Gasteiger partial charge on any atom is -0.495 e. The monoisotopic (exact) mass is 513 g/mol. The number of methoxy groups -OCH3 is 1. The molecule has 1 heterocycles. The van der Waals surface area contributed by atoms with Crippen molar-refractivity contribution in [3.8, 4) is 5.75 Å². The van der Waals surface area contributed by atoms with Gasteiger partial charge in [0.2, 0.25) is 26.0 Å². The molecule has 1 atom stereocenters. The van der Waals surface area contributed by atoms with Crippen molar-refractivity contribution in [2.24, 2.45) is 5.92 Å². The van der Waals surface area contributed by atoms with E-state index in [1.807, 2.05) is 0 Å². The number of sulfonamides is 2. The Morgan fingerprint density at radius 1 is 1.15 bits per heavy atom. The summed E-state index contributed by atoms with van der Waals surface area (Å²) < 4.78 is 71.7. The summed E-state index contributed by atoms with van der Waals surface area (Å²) in [6, 6.07) is 9.46. The second-order valence-electron chi connectivity index (χ2n) is 8.15. The fourth-order valence-corrected chi connectivity index (χ4v) is 6.28. The van der Waals surface area contributed by atoms with Crippen LogP contribution in [0.15, 0.2) is 52.3 Å². The molecule has 0 aromatic heterocycles. The fourth-order valence-electron chi connectivity index (χ4n) is 3.69.